The lowest BCUT2D eigenvalue weighted by Crippen LogP contribution is -2.57. The van der Waals surface area contributed by atoms with Crippen LogP contribution in [0, 0.1) is 0 Å². The van der Waals surface area contributed by atoms with Gasteiger partial charge in [0.05, 0.1) is 22.7 Å². The third kappa shape index (κ3) is 3.18. The summed E-state index contributed by atoms with van der Waals surface area (Å²) in [5, 5.41) is 10.3. The molecule has 0 radical (unpaired) electrons. The van der Waals surface area contributed by atoms with E-state index in [4.69, 9.17) is 23.2 Å². The molecule has 1 saturated carbocycles. The van der Waals surface area contributed by atoms with Crippen molar-refractivity contribution in [1.82, 2.24) is 4.90 Å². The van der Waals surface area contributed by atoms with E-state index in [1.807, 2.05) is 31.0 Å². The van der Waals surface area contributed by atoms with E-state index in [9.17, 15) is 9.90 Å². The number of halogens is 2. The average molecular weight is 344 g/mol. The molecule has 0 aromatic heterocycles. The van der Waals surface area contributed by atoms with Gasteiger partial charge >= 0.3 is 0 Å². The van der Waals surface area contributed by atoms with E-state index in [2.05, 4.69) is 0 Å². The van der Waals surface area contributed by atoms with E-state index in [0.29, 0.717) is 23.0 Å². The van der Waals surface area contributed by atoms with Gasteiger partial charge in [0, 0.05) is 18.4 Å². The quantitative estimate of drug-likeness (QED) is 0.820. The molecule has 1 fully saturated rings. The zero-order valence-corrected chi connectivity index (χ0v) is 14.6. The molecule has 1 atom stereocenters. The first-order chi connectivity index (χ1) is 10.5. The van der Waals surface area contributed by atoms with Crippen molar-refractivity contribution in [3.8, 4) is 0 Å². The highest BCUT2D eigenvalue weighted by molar-refractivity contribution is 6.42. The van der Waals surface area contributed by atoms with Crippen LogP contribution in [0.4, 0.5) is 0 Å². The molecule has 1 unspecified atom stereocenters. The number of carbonyl (C=O) groups excluding carboxylic acids is 1. The summed E-state index contributed by atoms with van der Waals surface area (Å²) in [6.45, 7) is 2.42. The normalized spacial score (nSPS) is 18.1. The van der Waals surface area contributed by atoms with Gasteiger partial charge in [0.25, 0.3) is 0 Å². The van der Waals surface area contributed by atoms with Gasteiger partial charge in [-0.3, -0.25) is 9.69 Å². The molecule has 0 spiro atoms. The minimum atomic E-state index is -0.226. The Balaban J connectivity index is 2.44. The Morgan fingerprint density at radius 2 is 2.05 bits per heavy atom. The number of hydrogen-bond donors (Lipinski definition) is 1. The largest absolute Gasteiger partial charge is 0.395 e. The Morgan fingerprint density at radius 1 is 1.36 bits per heavy atom. The molecule has 5 heteroatoms. The maximum absolute atomic E-state index is 12.6. The van der Waals surface area contributed by atoms with Crippen molar-refractivity contribution in [3.63, 3.8) is 0 Å². The van der Waals surface area contributed by atoms with Crippen LogP contribution >= 0.6 is 23.2 Å². The molecule has 0 saturated heterocycles. The Hall–Kier alpha value is -0.610. The average Bonchev–Trinajstić information content (AvgIpc) is 2.45. The Kier molecular flexibility index (Phi) is 5.89. The molecule has 1 aliphatic carbocycles. The number of nitrogens with zero attached hydrogens (tertiary/aromatic N) is 1. The number of rotatable bonds is 7. The summed E-state index contributed by atoms with van der Waals surface area (Å²) in [6, 6.07) is 5.45. The third-order valence-corrected chi connectivity index (χ3v) is 5.55. The SMILES string of the molecule is CCC(=O)C(N(C)CCO)C1(c2ccc(Cl)c(Cl)c2)CCC1. The fourth-order valence-corrected chi connectivity index (χ4v) is 3.84. The van der Waals surface area contributed by atoms with E-state index < -0.39 is 0 Å². The van der Waals surface area contributed by atoms with Crippen LogP contribution in [0.3, 0.4) is 0 Å². The summed E-state index contributed by atoms with van der Waals surface area (Å²) in [5.41, 5.74) is 0.857. The zero-order valence-electron chi connectivity index (χ0n) is 13.1. The van der Waals surface area contributed by atoms with Crippen molar-refractivity contribution in [1.29, 1.82) is 0 Å². The van der Waals surface area contributed by atoms with Crippen LogP contribution in [0.25, 0.3) is 0 Å². The van der Waals surface area contributed by atoms with Crippen LogP contribution in [0.2, 0.25) is 10.0 Å². The minimum absolute atomic E-state index is 0.0431. The molecule has 0 bridgehead atoms. The van der Waals surface area contributed by atoms with Gasteiger partial charge < -0.3 is 5.11 Å². The summed E-state index contributed by atoms with van der Waals surface area (Å²) in [5.74, 6) is 0.210. The van der Waals surface area contributed by atoms with Gasteiger partial charge in [-0.05, 0) is 37.6 Å². The highest BCUT2D eigenvalue weighted by Gasteiger charge is 2.49. The Bertz CT molecular complexity index is 543. The van der Waals surface area contributed by atoms with Crippen molar-refractivity contribution in [2.75, 3.05) is 20.2 Å². The molecule has 0 amide bonds. The monoisotopic (exact) mass is 343 g/mol. The lowest BCUT2D eigenvalue weighted by atomic mass is 9.58. The van der Waals surface area contributed by atoms with Crippen LogP contribution in [0.5, 0.6) is 0 Å². The number of aliphatic hydroxyl groups excluding tert-OH is 1. The highest BCUT2D eigenvalue weighted by atomic mass is 35.5. The van der Waals surface area contributed by atoms with Gasteiger partial charge in [0.2, 0.25) is 0 Å². The molecule has 3 nitrogen and oxygen atoms in total. The summed E-state index contributed by atoms with van der Waals surface area (Å²) in [6.07, 6.45) is 3.50. The predicted molar refractivity (Wildman–Crippen MR) is 90.8 cm³/mol. The molecule has 0 aliphatic heterocycles. The van der Waals surface area contributed by atoms with E-state index in [1.54, 1.807) is 6.07 Å². The van der Waals surface area contributed by atoms with Crippen molar-refractivity contribution < 1.29 is 9.90 Å². The van der Waals surface area contributed by atoms with Crippen molar-refractivity contribution in [3.05, 3.63) is 33.8 Å². The zero-order chi connectivity index (χ0) is 16.3. The summed E-state index contributed by atoms with van der Waals surface area (Å²) < 4.78 is 0. The molecule has 1 aliphatic rings. The van der Waals surface area contributed by atoms with Gasteiger partial charge in [-0.15, -0.1) is 0 Å². The molecule has 0 heterocycles. The van der Waals surface area contributed by atoms with E-state index in [-0.39, 0.29) is 23.8 Å². The van der Waals surface area contributed by atoms with Crippen LogP contribution in [0.15, 0.2) is 18.2 Å². The number of benzene rings is 1. The van der Waals surface area contributed by atoms with E-state index in [0.717, 1.165) is 24.8 Å². The summed E-state index contributed by atoms with van der Waals surface area (Å²) >= 11 is 12.2. The van der Waals surface area contributed by atoms with Crippen molar-refractivity contribution >= 4 is 29.0 Å². The molecule has 22 heavy (non-hydrogen) atoms. The first kappa shape index (κ1) is 17.7. The fraction of sp³-hybridized carbons (Fsp3) is 0.588. The summed E-state index contributed by atoms with van der Waals surface area (Å²) in [7, 11) is 1.91. The molecule has 2 rings (SSSR count). The standard InChI is InChI=1S/C17H23Cl2NO2/c1-3-15(22)16(20(2)9-10-21)17(7-4-8-17)12-5-6-13(18)14(19)11-12/h5-6,11,16,21H,3-4,7-10H2,1-2H3. The van der Waals surface area contributed by atoms with Crippen molar-refractivity contribution in [2.24, 2.45) is 0 Å². The van der Waals surface area contributed by atoms with Crippen LogP contribution < -0.4 is 0 Å². The second-order valence-electron chi connectivity index (χ2n) is 6.07. The van der Waals surface area contributed by atoms with Crippen molar-refractivity contribution in [2.45, 2.75) is 44.1 Å². The van der Waals surface area contributed by atoms with Gasteiger partial charge in [-0.25, -0.2) is 0 Å². The number of aliphatic hydroxyl groups is 1. The maximum Gasteiger partial charge on any atom is 0.150 e. The summed E-state index contributed by atoms with van der Waals surface area (Å²) in [4.78, 5) is 14.6. The topological polar surface area (TPSA) is 40.5 Å². The first-order valence-corrected chi connectivity index (χ1v) is 8.51. The minimum Gasteiger partial charge on any atom is -0.395 e. The highest BCUT2D eigenvalue weighted by Crippen LogP contribution is 2.49. The lowest BCUT2D eigenvalue weighted by molar-refractivity contribution is -0.128. The molecular formula is C17H23Cl2NO2. The Morgan fingerprint density at radius 3 is 2.50 bits per heavy atom. The molecule has 1 N–H and O–H groups in total. The first-order valence-electron chi connectivity index (χ1n) is 7.75. The fourth-order valence-electron chi connectivity index (χ4n) is 3.54. The van der Waals surface area contributed by atoms with Gasteiger partial charge in [-0.1, -0.05) is 42.6 Å². The number of hydrogen-bond acceptors (Lipinski definition) is 3. The van der Waals surface area contributed by atoms with Crippen LogP contribution in [-0.4, -0.2) is 42.0 Å². The predicted octanol–water partition coefficient (Wildman–Crippen LogP) is 3.69. The Labute approximate surface area is 142 Å². The third-order valence-electron chi connectivity index (χ3n) is 4.81. The van der Waals surface area contributed by atoms with Crippen LogP contribution in [-0.2, 0) is 10.2 Å². The van der Waals surface area contributed by atoms with Gasteiger partial charge in [0.15, 0.2) is 5.78 Å². The van der Waals surface area contributed by atoms with Gasteiger partial charge in [-0.2, -0.15) is 0 Å². The van der Waals surface area contributed by atoms with Gasteiger partial charge in [0.1, 0.15) is 0 Å². The lowest BCUT2D eigenvalue weighted by Gasteiger charge is -2.50. The molecular weight excluding hydrogens is 321 g/mol. The van der Waals surface area contributed by atoms with Crippen LogP contribution in [0.1, 0.15) is 38.2 Å². The second-order valence-corrected chi connectivity index (χ2v) is 6.88. The maximum atomic E-state index is 12.6. The molecule has 1 aromatic carbocycles. The molecule has 122 valence electrons. The number of carbonyl (C=O) groups is 1. The number of ketones is 1. The number of likely N-dealkylation sites (N-methyl/N-ethyl adjacent to an activating group) is 1. The molecule has 1 aromatic rings. The number of Topliss-reactive ketones (excluding diaryl/α,β-unsaturated/α-hetero) is 1. The second kappa shape index (κ2) is 7.31. The smallest absolute Gasteiger partial charge is 0.150 e. The van der Waals surface area contributed by atoms with E-state index >= 15 is 0 Å². The van der Waals surface area contributed by atoms with E-state index in [1.165, 1.54) is 0 Å².